The lowest BCUT2D eigenvalue weighted by Gasteiger charge is -2.10. The zero-order valence-electron chi connectivity index (χ0n) is 12.5. The molecule has 1 amide bonds. The van der Waals surface area contributed by atoms with E-state index in [4.69, 9.17) is 4.74 Å². The number of fused-ring (bicyclic) bond motifs is 1. The van der Waals surface area contributed by atoms with Gasteiger partial charge in [-0.1, -0.05) is 18.2 Å². The highest BCUT2D eigenvalue weighted by molar-refractivity contribution is 7.13. The molecule has 0 aliphatic carbocycles. The SMILES string of the molecule is O=C(NCc1nc(-c2cccs2)n[nH]1)C1Cc2cccc(F)c2O1. The van der Waals surface area contributed by atoms with Crippen molar-refractivity contribution in [2.45, 2.75) is 19.1 Å². The molecule has 0 fully saturated rings. The number of aromatic nitrogens is 3. The van der Waals surface area contributed by atoms with Gasteiger partial charge in [0.15, 0.2) is 23.5 Å². The first-order valence-corrected chi connectivity index (χ1v) is 8.25. The van der Waals surface area contributed by atoms with Crippen LogP contribution in [0.3, 0.4) is 0 Å². The number of para-hydroxylation sites is 1. The molecule has 2 N–H and O–H groups in total. The van der Waals surface area contributed by atoms with Gasteiger partial charge in [-0.15, -0.1) is 11.3 Å². The third-order valence-corrected chi connectivity index (χ3v) is 4.58. The van der Waals surface area contributed by atoms with E-state index in [0.29, 0.717) is 23.6 Å². The van der Waals surface area contributed by atoms with Crippen LogP contribution in [0.5, 0.6) is 5.75 Å². The number of halogens is 1. The molecule has 1 aliphatic rings. The van der Waals surface area contributed by atoms with Crippen LogP contribution in [0.4, 0.5) is 4.39 Å². The smallest absolute Gasteiger partial charge is 0.261 e. The van der Waals surface area contributed by atoms with E-state index >= 15 is 0 Å². The summed E-state index contributed by atoms with van der Waals surface area (Å²) in [5.41, 5.74) is 0.704. The molecule has 8 heteroatoms. The Balaban J connectivity index is 1.37. The number of rotatable bonds is 4. The van der Waals surface area contributed by atoms with Crippen LogP contribution in [0.1, 0.15) is 11.4 Å². The molecule has 1 aromatic carbocycles. The number of nitrogens with zero attached hydrogens (tertiary/aromatic N) is 2. The van der Waals surface area contributed by atoms with Crippen LogP contribution in [-0.4, -0.2) is 27.2 Å². The molecule has 0 spiro atoms. The Morgan fingerprint density at radius 1 is 1.42 bits per heavy atom. The molecule has 1 aliphatic heterocycles. The third kappa shape index (κ3) is 2.76. The summed E-state index contributed by atoms with van der Waals surface area (Å²) in [6, 6.07) is 8.54. The summed E-state index contributed by atoms with van der Waals surface area (Å²) in [5.74, 6) is 0.560. The fraction of sp³-hybridized carbons (Fsp3) is 0.188. The fourth-order valence-electron chi connectivity index (χ4n) is 2.55. The van der Waals surface area contributed by atoms with Crippen molar-refractivity contribution in [1.29, 1.82) is 0 Å². The highest BCUT2D eigenvalue weighted by atomic mass is 32.1. The van der Waals surface area contributed by atoms with Crippen LogP contribution in [0, 0.1) is 5.82 Å². The number of hydrogen-bond acceptors (Lipinski definition) is 5. The third-order valence-electron chi connectivity index (χ3n) is 3.71. The van der Waals surface area contributed by atoms with Gasteiger partial charge in [-0.3, -0.25) is 9.89 Å². The predicted octanol–water partition coefficient (Wildman–Crippen LogP) is 2.29. The minimum absolute atomic E-state index is 0.164. The highest BCUT2D eigenvalue weighted by Crippen LogP contribution is 2.31. The van der Waals surface area contributed by atoms with Gasteiger partial charge in [0, 0.05) is 12.0 Å². The van der Waals surface area contributed by atoms with E-state index in [1.807, 2.05) is 17.5 Å². The monoisotopic (exact) mass is 344 g/mol. The van der Waals surface area contributed by atoms with Crippen molar-refractivity contribution in [1.82, 2.24) is 20.5 Å². The van der Waals surface area contributed by atoms with Crippen LogP contribution in [0.2, 0.25) is 0 Å². The molecule has 6 nitrogen and oxygen atoms in total. The Bertz CT molecular complexity index is 878. The fourth-order valence-corrected chi connectivity index (χ4v) is 3.21. The maximum atomic E-state index is 13.6. The minimum Gasteiger partial charge on any atom is -0.477 e. The molecule has 2 aromatic heterocycles. The van der Waals surface area contributed by atoms with Crippen LogP contribution in [0.25, 0.3) is 10.7 Å². The number of hydrogen-bond donors (Lipinski definition) is 2. The molecule has 0 radical (unpaired) electrons. The molecular formula is C16H13FN4O2S. The highest BCUT2D eigenvalue weighted by Gasteiger charge is 2.31. The van der Waals surface area contributed by atoms with E-state index < -0.39 is 11.9 Å². The number of H-pyrrole nitrogens is 1. The summed E-state index contributed by atoms with van der Waals surface area (Å²) in [6.45, 7) is 0.204. The molecule has 122 valence electrons. The van der Waals surface area contributed by atoms with Crippen LogP contribution in [0.15, 0.2) is 35.7 Å². The number of thiophene rings is 1. The quantitative estimate of drug-likeness (QED) is 0.761. The summed E-state index contributed by atoms with van der Waals surface area (Å²) in [7, 11) is 0. The second-order valence-corrected chi connectivity index (χ2v) is 6.29. The molecule has 3 heterocycles. The van der Waals surface area contributed by atoms with Crippen molar-refractivity contribution in [3.05, 3.63) is 52.9 Å². The average Bonchev–Trinajstić information content (AvgIpc) is 3.31. The number of amides is 1. The summed E-state index contributed by atoms with van der Waals surface area (Å²) in [4.78, 5) is 17.5. The Labute approximate surface area is 140 Å². The van der Waals surface area contributed by atoms with Gasteiger partial charge in [-0.25, -0.2) is 9.37 Å². The molecule has 4 rings (SSSR count). The van der Waals surface area contributed by atoms with E-state index in [0.717, 1.165) is 4.88 Å². The van der Waals surface area contributed by atoms with Gasteiger partial charge >= 0.3 is 0 Å². The molecule has 24 heavy (non-hydrogen) atoms. The van der Waals surface area contributed by atoms with Gasteiger partial charge in [-0.2, -0.15) is 5.10 Å². The van der Waals surface area contributed by atoms with Gasteiger partial charge in [0.25, 0.3) is 5.91 Å². The van der Waals surface area contributed by atoms with Crippen LogP contribution >= 0.6 is 11.3 Å². The van der Waals surface area contributed by atoms with Crippen molar-refractivity contribution in [3.63, 3.8) is 0 Å². The van der Waals surface area contributed by atoms with Gasteiger partial charge in [0.1, 0.15) is 5.82 Å². The lowest BCUT2D eigenvalue weighted by molar-refractivity contribution is -0.127. The molecule has 0 saturated heterocycles. The standard InChI is InChI=1S/C16H13FN4O2S/c17-10-4-1-3-9-7-11(23-14(9)10)16(22)18-8-13-19-15(21-20-13)12-5-2-6-24-12/h1-6,11H,7-8H2,(H,18,22)(H,19,20,21). The first-order chi connectivity index (χ1) is 11.7. The Morgan fingerprint density at radius 3 is 3.12 bits per heavy atom. The van der Waals surface area contributed by atoms with Crippen molar-refractivity contribution in [3.8, 4) is 16.5 Å². The molecule has 3 aromatic rings. The second-order valence-electron chi connectivity index (χ2n) is 5.34. The Hall–Kier alpha value is -2.74. The lowest BCUT2D eigenvalue weighted by atomic mass is 10.1. The average molecular weight is 344 g/mol. The number of carbonyl (C=O) groups is 1. The predicted molar refractivity (Wildman–Crippen MR) is 86.1 cm³/mol. The van der Waals surface area contributed by atoms with Crippen LogP contribution < -0.4 is 10.1 Å². The molecular weight excluding hydrogens is 331 g/mol. The zero-order chi connectivity index (χ0) is 16.5. The van der Waals surface area contributed by atoms with Crippen molar-refractivity contribution >= 4 is 17.2 Å². The molecule has 0 bridgehead atoms. The van der Waals surface area contributed by atoms with Gasteiger partial charge in [0.2, 0.25) is 0 Å². The number of ether oxygens (including phenoxy) is 1. The number of carbonyl (C=O) groups excluding carboxylic acids is 1. The maximum absolute atomic E-state index is 13.6. The van der Waals surface area contributed by atoms with E-state index in [1.165, 1.54) is 6.07 Å². The van der Waals surface area contributed by atoms with Gasteiger partial charge < -0.3 is 10.1 Å². The number of nitrogens with one attached hydrogen (secondary N) is 2. The second kappa shape index (κ2) is 6.04. The van der Waals surface area contributed by atoms with E-state index in [1.54, 1.807) is 23.5 Å². The zero-order valence-corrected chi connectivity index (χ0v) is 13.3. The summed E-state index contributed by atoms with van der Waals surface area (Å²) in [6.07, 6.45) is -0.368. The van der Waals surface area contributed by atoms with Crippen LogP contribution in [-0.2, 0) is 17.8 Å². The number of benzene rings is 1. The number of aromatic amines is 1. The lowest BCUT2D eigenvalue weighted by Crippen LogP contribution is -2.37. The first kappa shape index (κ1) is 14.8. The maximum Gasteiger partial charge on any atom is 0.261 e. The molecule has 1 unspecified atom stereocenters. The van der Waals surface area contributed by atoms with E-state index in [-0.39, 0.29) is 18.2 Å². The topological polar surface area (TPSA) is 79.9 Å². The largest absolute Gasteiger partial charge is 0.477 e. The van der Waals surface area contributed by atoms with E-state index in [2.05, 4.69) is 20.5 Å². The summed E-state index contributed by atoms with van der Waals surface area (Å²) >= 11 is 1.54. The van der Waals surface area contributed by atoms with Crippen molar-refractivity contribution in [2.75, 3.05) is 0 Å². The minimum atomic E-state index is -0.725. The van der Waals surface area contributed by atoms with Gasteiger partial charge in [0.05, 0.1) is 11.4 Å². The van der Waals surface area contributed by atoms with Crippen molar-refractivity contribution in [2.24, 2.45) is 0 Å². The Kier molecular flexibility index (Phi) is 3.73. The summed E-state index contributed by atoms with van der Waals surface area (Å²) in [5, 5.41) is 11.6. The Morgan fingerprint density at radius 2 is 2.33 bits per heavy atom. The summed E-state index contributed by atoms with van der Waals surface area (Å²) < 4.78 is 19.1. The van der Waals surface area contributed by atoms with Gasteiger partial charge in [-0.05, 0) is 17.5 Å². The first-order valence-electron chi connectivity index (χ1n) is 7.37. The normalized spacial score (nSPS) is 15.8. The molecule has 1 atom stereocenters. The van der Waals surface area contributed by atoms with E-state index in [9.17, 15) is 9.18 Å². The molecule has 0 saturated carbocycles. The van der Waals surface area contributed by atoms with Crippen molar-refractivity contribution < 1.29 is 13.9 Å².